The normalized spacial score (nSPS) is 11.9. The number of ether oxygens (including phenoxy) is 1. The lowest BCUT2D eigenvalue weighted by Crippen LogP contribution is -2.20. The average molecular weight is 218 g/mol. The zero-order valence-electron chi connectivity index (χ0n) is 10.1. The molecule has 1 unspecified atom stereocenters. The molecule has 1 N–H and O–H groups in total. The van der Waals surface area contributed by atoms with Crippen molar-refractivity contribution in [3.05, 3.63) is 29.3 Å². The minimum Gasteiger partial charge on any atom is -0.496 e. The van der Waals surface area contributed by atoms with E-state index in [0.29, 0.717) is 13.0 Å². The fourth-order valence-corrected chi connectivity index (χ4v) is 1.63. The second-order valence-electron chi connectivity index (χ2n) is 3.83. The van der Waals surface area contributed by atoms with Gasteiger partial charge in [-0.05, 0) is 25.5 Å². The Morgan fingerprint density at radius 2 is 2.25 bits per heavy atom. The fraction of sp³-hybridized carbons (Fsp3) is 0.462. The van der Waals surface area contributed by atoms with Crippen molar-refractivity contribution in [2.24, 2.45) is 0 Å². The summed E-state index contributed by atoms with van der Waals surface area (Å²) < 4.78 is 5.35. The Morgan fingerprint density at radius 3 is 2.88 bits per heavy atom. The van der Waals surface area contributed by atoms with E-state index in [4.69, 9.17) is 10.00 Å². The molecule has 0 aromatic heterocycles. The molecule has 0 fully saturated rings. The predicted octanol–water partition coefficient (Wildman–Crippen LogP) is 2.57. The summed E-state index contributed by atoms with van der Waals surface area (Å²) in [5.74, 6) is 0.900. The van der Waals surface area contributed by atoms with Crippen molar-refractivity contribution < 1.29 is 4.74 Å². The van der Waals surface area contributed by atoms with Crippen molar-refractivity contribution >= 4 is 0 Å². The smallest absolute Gasteiger partial charge is 0.123 e. The number of nitrogens with zero attached hydrogens (tertiary/aromatic N) is 1. The topological polar surface area (TPSA) is 45.0 Å². The molecule has 3 heteroatoms. The summed E-state index contributed by atoms with van der Waals surface area (Å²) in [5, 5.41) is 11.8. The molecular weight excluding hydrogens is 200 g/mol. The van der Waals surface area contributed by atoms with E-state index < -0.39 is 0 Å². The van der Waals surface area contributed by atoms with Gasteiger partial charge in [-0.3, -0.25) is 0 Å². The molecule has 86 valence electrons. The first kappa shape index (κ1) is 12.5. The van der Waals surface area contributed by atoms with Crippen molar-refractivity contribution in [3.63, 3.8) is 0 Å². The Kier molecular flexibility index (Phi) is 4.81. The summed E-state index contributed by atoms with van der Waals surface area (Å²) in [6.45, 7) is 4.82. The van der Waals surface area contributed by atoms with Crippen LogP contribution in [-0.4, -0.2) is 13.7 Å². The van der Waals surface area contributed by atoms with E-state index in [-0.39, 0.29) is 6.04 Å². The molecule has 1 aromatic carbocycles. The highest BCUT2D eigenvalue weighted by Gasteiger charge is 2.10. The molecule has 0 spiro atoms. The highest BCUT2D eigenvalue weighted by Crippen LogP contribution is 2.25. The summed E-state index contributed by atoms with van der Waals surface area (Å²) >= 11 is 0. The van der Waals surface area contributed by atoms with Crippen LogP contribution >= 0.6 is 0 Å². The molecule has 0 aliphatic heterocycles. The SMILES string of the molecule is COc1cc(C)ccc1C(C)NCCC#N. The molecule has 0 aliphatic rings. The van der Waals surface area contributed by atoms with Gasteiger partial charge in [0, 0.05) is 24.6 Å². The van der Waals surface area contributed by atoms with Crippen LogP contribution in [0, 0.1) is 18.3 Å². The van der Waals surface area contributed by atoms with Gasteiger partial charge in [-0.2, -0.15) is 5.26 Å². The highest BCUT2D eigenvalue weighted by molar-refractivity contribution is 5.38. The third kappa shape index (κ3) is 3.25. The summed E-state index contributed by atoms with van der Waals surface area (Å²) in [4.78, 5) is 0. The van der Waals surface area contributed by atoms with Crippen LogP contribution < -0.4 is 10.1 Å². The van der Waals surface area contributed by atoms with Crippen molar-refractivity contribution in [3.8, 4) is 11.8 Å². The van der Waals surface area contributed by atoms with Crippen LogP contribution in [0.1, 0.15) is 30.5 Å². The van der Waals surface area contributed by atoms with Gasteiger partial charge < -0.3 is 10.1 Å². The Balaban J connectivity index is 2.74. The van der Waals surface area contributed by atoms with Gasteiger partial charge in [0.2, 0.25) is 0 Å². The quantitative estimate of drug-likeness (QED) is 0.772. The maximum Gasteiger partial charge on any atom is 0.123 e. The molecule has 3 nitrogen and oxygen atoms in total. The van der Waals surface area contributed by atoms with Gasteiger partial charge >= 0.3 is 0 Å². The predicted molar refractivity (Wildman–Crippen MR) is 64.4 cm³/mol. The molecule has 0 saturated carbocycles. The maximum absolute atomic E-state index is 8.47. The minimum absolute atomic E-state index is 0.198. The van der Waals surface area contributed by atoms with Crippen molar-refractivity contribution in [1.82, 2.24) is 5.32 Å². The van der Waals surface area contributed by atoms with E-state index in [0.717, 1.165) is 11.3 Å². The van der Waals surface area contributed by atoms with Gasteiger partial charge in [-0.1, -0.05) is 12.1 Å². The first-order chi connectivity index (χ1) is 7.69. The molecule has 16 heavy (non-hydrogen) atoms. The number of nitriles is 1. The van der Waals surface area contributed by atoms with Crippen molar-refractivity contribution in [2.45, 2.75) is 26.3 Å². The first-order valence-electron chi connectivity index (χ1n) is 5.44. The molecule has 1 aromatic rings. The number of hydrogen-bond acceptors (Lipinski definition) is 3. The highest BCUT2D eigenvalue weighted by atomic mass is 16.5. The minimum atomic E-state index is 0.198. The number of benzene rings is 1. The Bertz CT molecular complexity index is 382. The van der Waals surface area contributed by atoms with Crippen molar-refractivity contribution in [2.75, 3.05) is 13.7 Å². The van der Waals surface area contributed by atoms with E-state index >= 15 is 0 Å². The number of aryl methyl sites for hydroxylation is 1. The molecule has 0 saturated heterocycles. The molecule has 1 atom stereocenters. The van der Waals surface area contributed by atoms with E-state index in [2.05, 4.69) is 30.4 Å². The second kappa shape index (κ2) is 6.14. The second-order valence-corrected chi connectivity index (χ2v) is 3.83. The van der Waals surface area contributed by atoms with E-state index in [1.165, 1.54) is 5.56 Å². The van der Waals surface area contributed by atoms with Gasteiger partial charge in [-0.25, -0.2) is 0 Å². The van der Waals surface area contributed by atoms with Gasteiger partial charge in [0.15, 0.2) is 0 Å². The fourth-order valence-electron chi connectivity index (χ4n) is 1.63. The number of methoxy groups -OCH3 is 1. The van der Waals surface area contributed by atoms with Crippen molar-refractivity contribution in [1.29, 1.82) is 5.26 Å². The molecule has 0 radical (unpaired) electrons. The first-order valence-corrected chi connectivity index (χ1v) is 5.44. The van der Waals surface area contributed by atoms with Crippen LogP contribution in [0.3, 0.4) is 0 Å². The largest absolute Gasteiger partial charge is 0.496 e. The number of rotatable bonds is 5. The molecule has 0 amide bonds. The zero-order valence-corrected chi connectivity index (χ0v) is 10.1. The Hall–Kier alpha value is -1.53. The van der Waals surface area contributed by atoms with Crippen LogP contribution in [0.4, 0.5) is 0 Å². The Labute approximate surface area is 97.0 Å². The molecule has 0 aliphatic carbocycles. The van der Waals surface area contributed by atoms with Crippen LogP contribution in [0.15, 0.2) is 18.2 Å². The van der Waals surface area contributed by atoms with Crippen LogP contribution in [0.25, 0.3) is 0 Å². The average Bonchev–Trinajstić information content (AvgIpc) is 2.29. The van der Waals surface area contributed by atoms with E-state index in [1.807, 2.05) is 13.0 Å². The lowest BCUT2D eigenvalue weighted by Gasteiger charge is -2.17. The third-order valence-electron chi connectivity index (χ3n) is 2.54. The van der Waals surface area contributed by atoms with Gasteiger partial charge in [0.05, 0.1) is 13.2 Å². The summed E-state index contributed by atoms with van der Waals surface area (Å²) in [6.07, 6.45) is 0.526. The molecule has 0 bridgehead atoms. The summed E-state index contributed by atoms with van der Waals surface area (Å²) in [7, 11) is 1.68. The lowest BCUT2D eigenvalue weighted by molar-refractivity contribution is 0.401. The van der Waals surface area contributed by atoms with Gasteiger partial charge in [0.25, 0.3) is 0 Å². The van der Waals surface area contributed by atoms with E-state index in [9.17, 15) is 0 Å². The number of hydrogen-bond donors (Lipinski definition) is 1. The lowest BCUT2D eigenvalue weighted by atomic mass is 10.0. The van der Waals surface area contributed by atoms with E-state index in [1.54, 1.807) is 7.11 Å². The molecular formula is C13H18N2O. The zero-order chi connectivity index (χ0) is 12.0. The van der Waals surface area contributed by atoms with Crippen LogP contribution in [-0.2, 0) is 0 Å². The Morgan fingerprint density at radius 1 is 1.50 bits per heavy atom. The summed E-state index contributed by atoms with van der Waals surface area (Å²) in [6, 6.07) is 8.48. The third-order valence-corrected chi connectivity index (χ3v) is 2.54. The standard InChI is InChI=1S/C13H18N2O/c1-10-5-6-12(13(9-10)16-3)11(2)15-8-4-7-14/h5-6,9,11,15H,4,8H2,1-3H3. The van der Waals surface area contributed by atoms with Crippen LogP contribution in [0.2, 0.25) is 0 Å². The van der Waals surface area contributed by atoms with Gasteiger partial charge in [-0.15, -0.1) is 0 Å². The molecule has 1 rings (SSSR count). The maximum atomic E-state index is 8.47. The molecule has 0 heterocycles. The van der Waals surface area contributed by atoms with Crippen LogP contribution in [0.5, 0.6) is 5.75 Å². The summed E-state index contributed by atoms with van der Waals surface area (Å²) in [5.41, 5.74) is 2.32. The number of nitrogens with one attached hydrogen (secondary N) is 1. The van der Waals surface area contributed by atoms with Gasteiger partial charge in [0.1, 0.15) is 5.75 Å². The monoisotopic (exact) mass is 218 g/mol.